The van der Waals surface area contributed by atoms with Crippen LogP contribution in [-0.4, -0.2) is 42.0 Å². The normalized spacial score (nSPS) is 15.9. The zero-order valence-corrected chi connectivity index (χ0v) is 14.6. The van der Waals surface area contributed by atoms with Crippen LogP contribution in [0.4, 0.5) is 9.18 Å². The van der Waals surface area contributed by atoms with Gasteiger partial charge in [0.25, 0.3) is 5.91 Å². The lowest BCUT2D eigenvalue weighted by molar-refractivity contribution is 0.0937. The second-order valence-electron chi connectivity index (χ2n) is 7.33. The van der Waals surface area contributed by atoms with Crippen molar-refractivity contribution in [1.29, 1.82) is 0 Å². The van der Waals surface area contributed by atoms with Crippen LogP contribution in [0.25, 0.3) is 0 Å². The van der Waals surface area contributed by atoms with Gasteiger partial charge in [0.05, 0.1) is 0 Å². The molecule has 1 aliphatic rings. The molecule has 0 radical (unpaired) electrons. The number of nitrogens with zero attached hydrogens (tertiary/aromatic N) is 1. The molecule has 0 atom stereocenters. The molecule has 1 aliphatic heterocycles. The van der Waals surface area contributed by atoms with Crippen molar-refractivity contribution in [1.82, 2.24) is 15.5 Å². The van der Waals surface area contributed by atoms with Crippen molar-refractivity contribution in [2.45, 2.75) is 39.2 Å². The summed E-state index contributed by atoms with van der Waals surface area (Å²) in [6.45, 7) is 7.84. The first kappa shape index (κ1) is 18.2. The number of halogens is 1. The van der Waals surface area contributed by atoms with Crippen LogP contribution in [0.15, 0.2) is 24.3 Å². The minimum Gasteiger partial charge on any atom is -0.352 e. The Balaban J connectivity index is 1.74. The van der Waals surface area contributed by atoms with Crippen LogP contribution in [-0.2, 0) is 0 Å². The first-order valence-corrected chi connectivity index (χ1v) is 8.35. The second-order valence-corrected chi connectivity index (χ2v) is 7.33. The number of amides is 3. The van der Waals surface area contributed by atoms with Gasteiger partial charge in [0.2, 0.25) is 0 Å². The van der Waals surface area contributed by atoms with E-state index in [1.807, 2.05) is 25.7 Å². The summed E-state index contributed by atoms with van der Waals surface area (Å²) in [6.07, 6.45) is 1.72. The molecule has 0 aromatic heterocycles. The Morgan fingerprint density at radius 3 is 2.29 bits per heavy atom. The third-order valence-corrected chi connectivity index (χ3v) is 4.04. The third kappa shape index (κ3) is 5.51. The van der Waals surface area contributed by atoms with E-state index in [2.05, 4.69) is 10.6 Å². The number of hydrogen-bond donors (Lipinski definition) is 2. The quantitative estimate of drug-likeness (QED) is 0.892. The Morgan fingerprint density at radius 1 is 1.17 bits per heavy atom. The molecule has 0 unspecified atom stereocenters. The summed E-state index contributed by atoms with van der Waals surface area (Å²) in [5.41, 5.74) is 0.218. The molecule has 0 aliphatic carbocycles. The lowest BCUT2D eigenvalue weighted by atomic mass is 9.96. The molecule has 1 fully saturated rings. The van der Waals surface area contributed by atoms with E-state index >= 15 is 0 Å². The van der Waals surface area contributed by atoms with Crippen molar-refractivity contribution in [2.75, 3.05) is 19.6 Å². The molecule has 6 heteroatoms. The Morgan fingerprint density at radius 2 is 1.75 bits per heavy atom. The van der Waals surface area contributed by atoms with Gasteiger partial charge in [0, 0.05) is 30.7 Å². The van der Waals surface area contributed by atoms with Gasteiger partial charge in [-0.15, -0.1) is 0 Å². The van der Waals surface area contributed by atoms with Gasteiger partial charge in [-0.1, -0.05) is 0 Å². The summed E-state index contributed by atoms with van der Waals surface area (Å²) >= 11 is 0. The average Bonchev–Trinajstić information content (AvgIpc) is 2.52. The monoisotopic (exact) mass is 335 g/mol. The van der Waals surface area contributed by atoms with Crippen molar-refractivity contribution >= 4 is 11.9 Å². The van der Waals surface area contributed by atoms with Gasteiger partial charge in [0.15, 0.2) is 0 Å². The van der Waals surface area contributed by atoms with Gasteiger partial charge in [0.1, 0.15) is 5.82 Å². The van der Waals surface area contributed by atoms with Crippen molar-refractivity contribution in [2.24, 2.45) is 5.92 Å². The highest BCUT2D eigenvalue weighted by Crippen LogP contribution is 2.17. The van der Waals surface area contributed by atoms with Crippen molar-refractivity contribution in [3.63, 3.8) is 0 Å². The van der Waals surface area contributed by atoms with Crippen LogP contribution >= 0.6 is 0 Å². The van der Waals surface area contributed by atoms with Crippen LogP contribution in [0.2, 0.25) is 0 Å². The van der Waals surface area contributed by atoms with Crippen molar-refractivity contribution in [3.8, 4) is 0 Å². The highest BCUT2D eigenvalue weighted by atomic mass is 19.1. The molecule has 1 heterocycles. The molecule has 1 saturated heterocycles. The number of urea groups is 1. The molecule has 0 saturated carbocycles. The van der Waals surface area contributed by atoms with Crippen molar-refractivity contribution in [3.05, 3.63) is 35.6 Å². The first-order chi connectivity index (χ1) is 11.2. The fourth-order valence-corrected chi connectivity index (χ4v) is 2.68. The molecular formula is C18H26FN3O2. The largest absolute Gasteiger partial charge is 0.352 e. The number of likely N-dealkylation sites (tertiary alicyclic amines) is 1. The highest BCUT2D eigenvalue weighted by Gasteiger charge is 2.25. The van der Waals surface area contributed by atoms with E-state index in [0.29, 0.717) is 31.1 Å². The van der Waals surface area contributed by atoms with Crippen molar-refractivity contribution < 1.29 is 14.0 Å². The lowest BCUT2D eigenvalue weighted by Crippen LogP contribution is -2.51. The van der Waals surface area contributed by atoms with Gasteiger partial charge in [-0.05, 0) is 63.8 Å². The smallest absolute Gasteiger partial charge is 0.317 e. The maximum atomic E-state index is 12.9. The highest BCUT2D eigenvalue weighted by molar-refractivity contribution is 5.94. The topological polar surface area (TPSA) is 61.4 Å². The zero-order valence-electron chi connectivity index (χ0n) is 14.6. The van der Waals surface area contributed by atoms with E-state index in [1.165, 1.54) is 24.3 Å². The van der Waals surface area contributed by atoms with E-state index in [0.717, 1.165) is 12.8 Å². The van der Waals surface area contributed by atoms with Gasteiger partial charge < -0.3 is 15.5 Å². The fourth-order valence-electron chi connectivity index (χ4n) is 2.68. The molecule has 3 amide bonds. The van der Waals surface area contributed by atoms with Crippen LogP contribution in [0.5, 0.6) is 0 Å². The first-order valence-electron chi connectivity index (χ1n) is 8.35. The number of rotatable bonds is 3. The van der Waals surface area contributed by atoms with E-state index in [-0.39, 0.29) is 23.3 Å². The average molecular weight is 335 g/mol. The minimum absolute atomic E-state index is 0.0312. The molecule has 5 nitrogen and oxygen atoms in total. The number of nitrogens with one attached hydrogen (secondary N) is 2. The molecule has 0 spiro atoms. The molecular weight excluding hydrogens is 309 g/mol. The van der Waals surface area contributed by atoms with Gasteiger partial charge in [-0.3, -0.25) is 4.79 Å². The van der Waals surface area contributed by atoms with E-state index < -0.39 is 0 Å². The van der Waals surface area contributed by atoms with Crippen LogP contribution < -0.4 is 10.6 Å². The van der Waals surface area contributed by atoms with E-state index in [4.69, 9.17) is 0 Å². The number of carbonyl (C=O) groups excluding carboxylic acids is 2. The standard InChI is InChI=1S/C18H26FN3O2/c1-18(2,3)21-17(24)22-10-8-13(9-11-22)12-20-16(23)14-4-6-15(19)7-5-14/h4-7,13H,8-12H2,1-3H3,(H,20,23)(H,21,24). The fraction of sp³-hybridized carbons (Fsp3) is 0.556. The molecule has 24 heavy (non-hydrogen) atoms. The summed E-state index contributed by atoms with van der Waals surface area (Å²) < 4.78 is 12.9. The van der Waals surface area contributed by atoms with Gasteiger partial charge >= 0.3 is 6.03 Å². The summed E-state index contributed by atoms with van der Waals surface area (Å²) in [6, 6.07) is 5.48. The van der Waals surface area contributed by atoms with Crippen LogP contribution in [0.1, 0.15) is 44.0 Å². The zero-order chi connectivity index (χ0) is 17.7. The number of benzene rings is 1. The molecule has 2 N–H and O–H groups in total. The number of piperidine rings is 1. The van der Waals surface area contributed by atoms with Gasteiger partial charge in [-0.2, -0.15) is 0 Å². The van der Waals surface area contributed by atoms with Crippen LogP contribution in [0, 0.1) is 11.7 Å². The predicted molar refractivity (Wildman–Crippen MR) is 91.3 cm³/mol. The Bertz CT molecular complexity index is 573. The molecule has 2 rings (SSSR count). The maximum absolute atomic E-state index is 12.9. The number of carbonyl (C=O) groups is 2. The molecule has 1 aromatic rings. The summed E-state index contributed by atoms with van der Waals surface area (Å²) in [5, 5.41) is 5.86. The summed E-state index contributed by atoms with van der Waals surface area (Å²) in [7, 11) is 0. The Labute approximate surface area is 142 Å². The Kier molecular flexibility index (Phi) is 5.80. The van der Waals surface area contributed by atoms with E-state index in [9.17, 15) is 14.0 Å². The Hall–Kier alpha value is -2.11. The van der Waals surface area contributed by atoms with Gasteiger partial charge in [-0.25, -0.2) is 9.18 Å². The molecule has 132 valence electrons. The van der Waals surface area contributed by atoms with E-state index in [1.54, 1.807) is 0 Å². The number of hydrogen-bond acceptors (Lipinski definition) is 2. The van der Waals surface area contributed by atoms with Crippen LogP contribution in [0.3, 0.4) is 0 Å². The second kappa shape index (κ2) is 7.64. The molecule has 1 aromatic carbocycles. The minimum atomic E-state index is -0.354. The summed E-state index contributed by atoms with van der Waals surface area (Å²) in [4.78, 5) is 26.0. The lowest BCUT2D eigenvalue weighted by Gasteiger charge is -2.34. The summed E-state index contributed by atoms with van der Waals surface area (Å²) in [5.74, 6) is -0.191. The SMILES string of the molecule is CC(C)(C)NC(=O)N1CCC(CNC(=O)c2ccc(F)cc2)CC1. The third-order valence-electron chi connectivity index (χ3n) is 4.04. The molecule has 0 bridgehead atoms. The predicted octanol–water partition coefficient (Wildman–Crippen LogP) is 2.78. The maximum Gasteiger partial charge on any atom is 0.317 e.